The third kappa shape index (κ3) is 22.9. The van der Waals surface area contributed by atoms with Gasteiger partial charge in [0.25, 0.3) is 0 Å². The number of hydrogen-bond acceptors (Lipinski definition) is 23. The number of esters is 2. The van der Waals surface area contributed by atoms with Crippen molar-refractivity contribution >= 4 is 87.4 Å². The average Bonchev–Trinajstić information content (AvgIpc) is 1.60. The number of aliphatic hydroxyl groups is 3. The molecule has 1 aliphatic heterocycles. The summed E-state index contributed by atoms with van der Waals surface area (Å²) in [7, 11) is -0.537. The maximum atomic E-state index is 11.9. The van der Waals surface area contributed by atoms with Crippen molar-refractivity contribution in [3.63, 3.8) is 0 Å². The molecular formula is C82H88BCl2LiN6O18. The van der Waals surface area contributed by atoms with Gasteiger partial charge in [-0.2, -0.15) is 0 Å². The van der Waals surface area contributed by atoms with E-state index in [0.717, 1.165) is 88.4 Å². The van der Waals surface area contributed by atoms with Crippen LogP contribution < -0.4 is 55.7 Å². The van der Waals surface area contributed by atoms with Gasteiger partial charge in [-0.05, 0) is 172 Å². The molecule has 12 aromatic rings. The molecule has 6 aromatic carbocycles. The quantitative estimate of drug-likeness (QED) is 0.0196. The van der Waals surface area contributed by atoms with Crippen LogP contribution in [0.5, 0.6) is 17.2 Å². The van der Waals surface area contributed by atoms with Gasteiger partial charge in [0.15, 0.2) is 0 Å². The number of aliphatic hydroxyl groups excluding tert-OH is 3. The van der Waals surface area contributed by atoms with E-state index in [0.29, 0.717) is 71.3 Å². The number of aliphatic carboxylic acids is 1. The Kier molecular flexibility index (Phi) is 32.7. The fourth-order valence-corrected chi connectivity index (χ4v) is 11.7. The number of benzene rings is 6. The third-order valence-corrected chi connectivity index (χ3v) is 18.0. The SMILES string of the molecule is CCOC(=O)Cc1ccccc1OCc1cc(-c2ccnc([C@H](N)CO)c2)c2occc2c1.CCOC(=O)Cc1ccccc1OCc1cc(B2OC(C)(C)C(C)(C)O2)c2occc2c1.Cl.N[C@H](CO)c1cc(-c2cc(COc3ccccc3CC(=O)O)cc3ccoc23)ccn1.N[C@H](CO)c1cc(Cl)ccn1.[Li+].[OH-]. The maximum absolute atomic E-state index is 11.9. The Bertz CT molecular complexity index is 4980. The van der Waals surface area contributed by atoms with Crippen LogP contribution in [0.1, 0.15) is 110 Å². The van der Waals surface area contributed by atoms with E-state index in [1.54, 1.807) is 81.6 Å². The first-order valence-corrected chi connectivity index (χ1v) is 35.1. The molecule has 24 nitrogen and oxygen atoms in total. The molecule has 110 heavy (non-hydrogen) atoms. The summed E-state index contributed by atoms with van der Waals surface area (Å²) in [6.07, 6.45) is 10.0. The summed E-state index contributed by atoms with van der Waals surface area (Å²) in [5, 5.41) is 39.9. The van der Waals surface area contributed by atoms with E-state index in [1.807, 2.05) is 161 Å². The predicted octanol–water partition coefficient (Wildman–Crippen LogP) is 10.3. The number of rotatable bonds is 26. The van der Waals surface area contributed by atoms with Crippen LogP contribution in [0.3, 0.4) is 0 Å². The fraction of sp³-hybridized carbons (Fsp3) is 0.268. The molecule has 28 heteroatoms. The molecule has 0 saturated carbocycles. The minimum Gasteiger partial charge on any atom is -0.870 e. The Balaban J connectivity index is 0.000000211. The molecule has 0 unspecified atom stereocenters. The molecule has 0 aliphatic carbocycles. The van der Waals surface area contributed by atoms with E-state index < -0.39 is 42.4 Å². The Hall–Kier alpha value is -9.92. The van der Waals surface area contributed by atoms with Gasteiger partial charge in [-0.25, -0.2) is 0 Å². The molecule has 0 amide bonds. The van der Waals surface area contributed by atoms with Gasteiger partial charge in [0.1, 0.15) is 53.8 Å². The van der Waals surface area contributed by atoms with Crippen LogP contribution in [0.4, 0.5) is 0 Å². The number of furan rings is 3. The molecule has 0 radical (unpaired) electrons. The molecule has 0 spiro atoms. The summed E-state index contributed by atoms with van der Waals surface area (Å²) in [6.45, 7) is 12.8. The molecule has 6 aromatic heterocycles. The van der Waals surface area contributed by atoms with Crippen molar-refractivity contribution in [2.45, 2.75) is 110 Å². The number of carboxylic acid groups (broad SMARTS) is 1. The zero-order valence-corrected chi connectivity index (χ0v) is 63.6. The normalized spacial score (nSPS) is 13.2. The number of ether oxygens (including phenoxy) is 5. The van der Waals surface area contributed by atoms with Gasteiger partial charge in [-0.15, -0.1) is 12.4 Å². The first-order chi connectivity index (χ1) is 51.6. The molecular weight excluding hydrogens is 1450 g/mol. The first kappa shape index (κ1) is 87.3. The summed E-state index contributed by atoms with van der Waals surface area (Å²) in [4.78, 5) is 47.4. The van der Waals surface area contributed by atoms with Gasteiger partial charge in [0, 0.05) is 73.1 Å². The Morgan fingerprint density at radius 2 is 0.845 bits per heavy atom. The van der Waals surface area contributed by atoms with Crippen molar-refractivity contribution in [2.75, 3.05) is 33.0 Å². The van der Waals surface area contributed by atoms with Crippen LogP contribution in [-0.2, 0) is 72.2 Å². The second kappa shape index (κ2) is 41.2. The van der Waals surface area contributed by atoms with Crippen molar-refractivity contribution in [2.24, 2.45) is 17.2 Å². The number of pyridine rings is 3. The maximum Gasteiger partial charge on any atom is 1.00 e. The number of carbonyl (C=O) groups excluding carboxylic acids is 2. The van der Waals surface area contributed by atoms with Crippen molar-refractivity contribution in [1.82, 2.24) is 15.0 Å². The van der Waals surface area contributed by atoms with E-state index in [2.05, 4.69) is 15.0 Å². The van der Waals surface area contributed by atoms with Crippen molar-refractivity contribution in [3.05, 3.63) is 257 Å². The summed E-state index contributed by atoms with van der Waals surface area (Å²) in [5.41, 5.74) is 29.8. The number of aromatic nitrogens is 3. The van der Waals surface area contributed by atoms with E-state index >= 15 is 0 Å². The number of para-hydroxylation sites is 3. The van der Waals surface area contributed by atoms with Crippen molar-refractivity contribution in [1.29, 1.82) is 0 Å². The molecule has 1 saturated heterocycles. The number of fused-ring (bicyclic) bond motifs is 3. The van der Waals surface area contributed by atoms with E-state index in [4.69, 9.17) is 85.3 Å². The number of nitrogens with zero attached hydrogens (tertiary/aromatic N) is 3. The molecule has 0 bridgehead atoms. The monoisotopic (exact) mass is 1530 g/mol. The molecule has 1 fully saturated rings. The average molecular weight is 1530 g/mol. The Morgan fingerprint density at radius 1 is 0.491 bits per heavy atom. The van der Waals surface area contributed by atoms with E-state index in [-0.39, 0.29) is 94.4 Å². The van der Waals surface area contributed by atoms with Gasteiger partial charge >= 0.3 is 43.9 Å². The van der Waals surface area contributed by atoms with Gasteiger partial charge in [-0.3, -0.25) is 29.3 Å². The van der Waals surface area contributed by atoms with Gasteiger partial charge in [-0.1, -0.05) is 72.3 Å². The fourth-order valence-electron chi connectivity index (χ4n) is 11.6. The number of hydrogen-bond donors (Lipinski definition) is 7. The van der Waals surface area contributed by atoms with Crippen LogP contribution in [-0.4, -0.2) is 110 Å². The molecule has 13 rings (SSSR count). The van der Waals surface area contributed by atoms with Gasteiger partial charge < -0.3 is 89.3 Å². The minimum atomic E-state index is -0.910. The zero-order valence-electron chi connectivity index (χ0n) is 62.0. The van der Waals surface area contributed by atoms with Crippen molar-refractivity contribution in [3.8, 4) is 39.5 Å². The van der Waals surface area contributed by atoms with Crippen LogP contribution in [0.25, 0.3) is 55.2 Å². The molecule has 3 atom stereocenters. The molecule has 1 aliphatic rings. The van der Waals surface area contributed by atoms with E-state index in [1.165, 1.54) is 0 Å². The smallest absolute Gasteiger partial charge is 0.870 e. The summed E-state index contributed by atoms with van der Waals surface area (Å²) in [6, 6.07) is 48.9. The van der Waals surface area contributed by atoms with Crippen LogP contribution in [0.2, 0.25) is 5.02 Å². The number of carboxylic acids is 1. The summed E-state index contributed by atoms with van der Waals surface area (Å²) in [5.74, 6) is 0.368. The predicted molar refractivity (Wildman–Crippen MR) is 416 cm³/mol. The van der Waals surface area contributed by atoms with E-state index in [9.17, 15) is 24.6 Å². The second-order valence-electron chi connectivity index (χ2n) is 26.0. The third-order valence-electron chi connectivity index (χ3n) is 17.7. The Morgan fingerprint density at radius 3 is 1.23 bits per heavy atom. The number of halogens is 2. The second-order valence-corrected chi connectivity index (χ2v) is 26.4. The van der Waals surface area contributed by atoms with Crippen LogP contribution in [0.15, 0.2) is 214 Å². The van der Waals surface area contributed by atoms with Crippen molar-refractivity contribution < 1.29 is 105 Å². The number of nitrogens with two attached hydrogens (primary N) is 3. The summed E-state index contributed by atoms with van der Waals surface area (Å²) >= 11 is 5.67. The topological polar surface area (TPSA) is 383 Å². The Labute approximate surface area is 660 Å². The first-order valence-electron chi connectivity index (χ1n) is 34.7. The number of carbonyl (C=O) groups is 3. The molecule has 11 N–H and O–H groups in total. The van der Waals surface area contributed by atoms with Gasteiger partial charge in [0.05, 0.1) is 117 Å². The molecule has 7 heterocycles. The largest absolute Gasteiger partial charge is 1.00 e. The zero-order chi connectivity index (χ0) is 76.2. The minimum absolute atomic E-state index is 0. The van der Waals surface area contributed by atoms with Crippen LogP contribution in [0, 0.1) is 0 Å². The summed E-state index contributed by atoms with van der Waals surface area (Å²) < 4.78 is 58.0. The van der Waals surface area contributed by atoms with Crippen LogP contribution >= 0.6 is 24.0 Å². The molecule has 572 valence electrons. The standard InChI is InChI=1S/C26H26N2O5.C25H29BO6.C24H22N2O5.C7H9ClN2O.ClH.Li.H2O/c1-2-31-25(30)14-19-5-3-4-6-24(19)33-16-17-11-20-8-10-32-26(20)21(12-17)18-7-9-28-23(13-18)22(27)15-29;1-6-28-22(27)15-18-9-7-8-10-21(18)30-16-17-13-19-11-12-29-23(19)20(14-17)26-31-24(2,3)25(4,5)32-26;25-20(13-27)21-11-16(5-7-26-21)19-10-15(9-18-6-8-30-24(18)19)14-31-22-4-2-1-3-17(22)12-23(28)29;8-5-1-2-10-7(3-5)6(9)4-11;;;/h3-13,22,29H,2,14-16,27H2,1H3;7-14H,6,15-16H2,1-5H3;1-11,20,27H,12-14,25H2,(H,28,29);1-3,6,11H,4,9H2;1H;;1H2/q;;;;;+1;/p-1/t22-;;20-;6-;;;/m1.11.../s1. The van der Waals surface area contributed by atoms with Gasteiger partial charge in [0.2, 0.25) is 0 Å².